The number of hydrazone groups is 1. The fraction of sp³-hybridized carbons (Fsp3) is 0.259. The van der Waals surface area contributed by atoms with E-state index in [0.717, 1.165) is 54.1 Å². The number of carbonyl (C=O) groups is 1. The van der Waals surface area contributed by atoms with Crippen LogP contribution in [0.15, 0.2) is 84.0 Å². The third-order valence-electron chi connectivity index (χ3n) is 5.90. The summed E-state index contributed by atoms with van der Waals surface area (Å²) in [4.78, 5) is 17.5. The molecule has 1 N–H and O–H groups in total. The third-order valence-corrected chi connectivity index (χ3v) is 6.57. The van der Waals surface area contributed by atoms with Gasteiger partial charge in [-0.1, -0.05) is 54.6 Å². The maximum Gasteiger partial charge on any atom is 0.271 e. The largest absolute Gasteiger partial charge is 0.297 e. The molecule has 1 saturated heterocycles. The molecule has 0 radical (unpaired) electrons. The molecule has 1 amide bonds. The summed E-state index contributed by atoms with van der Waals surface area (Å²) in [7, 11) is 0. The smallest absolute Gasteiger partial charge is 0.271 e. The maximum absolute atomic E-state index is 12.5. The van der Waals surface area contributed by atoms with Crippen molar-refractivity contribution in [2.75, 3.05) is 26.2 Å². The van der Waals surface area contributed by atoms with Crippen LogP contribution in [0.5, 0.6) is 0 Å². The fourth-order valence-electron chi connectivity index (χ4n) is 3.94. The average molecular weight is 552 g/mol. The van der Waals surface area contributed by atoms with Gasteiger partial charge < -0.3 is 0 Å². The third kappa shape index (κ3) is 6.96. The van der Waals surface area contributed by atoms with Gasteiger partial charge in [-0.2, -0.15) is 5.10 Å². The van der Waals surface area contributed by atoms with Crippen LogP contribution in [0.25, 0.3) is 0 Å². The monoisotopic (exact) mass is 552 g/mol. The first-order valence-electron chi connectivity index (χ1n) is 11.2. The Hall–Kier alpha value is -2.55. The van der Waals surface area contributed by atoms with Crippen LogP contribution >= 0.6 is 22.6 Å². The second-order valence-corrected chi connectivity index (χ2v) is 9.63. The molecule has 0 bridgehead atoms. The number of benzene rings is 3. The predicted octanol–water partition coefficient (Wildman–Crippen LogP) is 4.76. The number of hydrogen-bond donors (Lipinski definition) is 1. The summed E-state index contributed by atoms with van der Waals surface area (Å²) in [5, 5.41) is 4.27. The van der Waals surface area contributed by atoms with Gasteiger partial charge in [-0.3, -0.25) is 14.6 Å². The Morgan fingerprint density at radius 2 is 1.42 bits per heavy atom. The van der Waals surface area contributed by atoms with Crippen molar-refractivity contribution in [3.05, 3.63) is 105 Å². The van der Waals surface area contributed by atoms with Crippen LogP contribution in [0.4, 0.5) is 0 Å². The summed E-state index contributed by atoms with van der Waals surface area (Å²) in [5.41, 5.74) is 7.67. The van der Waals surface area contributed by atoms with Gasteiger partial charge in [0.05, 0.1) is 5.71 Å². The number of rotatable bonds is 7. The molecule has 170 valence electrons. The molecule has 0 atom stereocenters. The number of carbonyl (C=O) groups excluding carboxylic acids is 1. The van der Waals surface area contributed by atoms with Gasteiger partial charge in [-0.25, -0.2) is 5.43 Å². The molecule has 0 aromatic heterocycles. The molecule has 0 unspecified atom stereocenters. The van der Waals surface area contributed by atoms with Gasteiger partial charge in [-0.05, 0) is 70.5 Å². The van der Waals surface area contributed by atoms with E-state index < -0.39 is 0 Å². The number of piperazine rings is 1. The minimum Gasteiger partial charge on any atom is -0.297 e. The summed E-state index contributed by atoms with van der Waals surface area (Å²) < 4.78 is 1.14. The van der Waals surface area contributed by atoms with Crippen molar-refractivity contribution in [1.82, 2.24) is 15.2 Å². The molecule has 4 rings (SSSR count). The lowest BCUT2D eigenvalue weighted by Gasteiger charge is -2.34. The first-order valence-corrected chi connectivity index (χ1v) is 12.3. The van der Waals surface area contributed by atoms with Gasteiger partial charge in [0.15, 0.2) is 0 Å². The van der Waals surface area contributed by atoms with Crippen LogP contribution in [0, 0.1) is 3.57 Å². The molecule has 1 fully saturated rings. The van der Waals surface area contributed by atoms with Crippen molar-refractivity contribution in [3.63, 3.8) is 0 Å². The summed E-state index contributed by atoms with van der Waals surface area (Å²) in [6.07, 6.45) is 0. The topological polar surface area (TPSA) is 47.9 Å². The molecule has 6 heteroatoms. The first-order chi connectivity index (χ1) is 16.1. The van der Waals surface area contributed by atoms with E-state index in [1.165, 1.54) is 11.1 Å². The SMILES string of the molecule is C/C(=N/NC(=O)c1ccc(CN2CCN(Cc3ccccc3)CC2)cc1)c1cccc(I)c1. The Morgan fingerprint density at radius 1 is 0.818 bits per heavy atom. The highest BCUT2D eigenvalue weighted by Crippen LogP contribution is 2.13. The van der Waals surface area contributed by atoms with Gasteiger partial charge in [0.2, 0.25) is 0 Å². The molecule has 33 heavy (non-hydrogen) atoms. The van der Waals surface area contributed by atoms with Crippen molar-refractivity contribution in [3.8, 4) is 0 Å². The average Bonchev–Trinajstić information content (AvgIpc) is 2.84. The summed E-state index contributed by atoms with van der Waals surface area (Å²) in [6, 6.07) is 26.6. The summed E-state index contributed by atoms with van der Waals surface area (Å²) in [5.74, 6) is -0.193. The Kier molecular flexibility index (Phi) is 8.25. The maximum atomic E-state index is 12.5. The molecule has 1 heterocycles. The Balaban J connectivity index is 1.25. The molecule has 1 aliphatic rings. The van der Waals surface area contributed by atoms with Crippen LogP contribution in [0.3, 0.4) is 0 Å². The number of halogens is 1. The van der Waals surface area contributed by atoms with Crippen molar-refractivity contribution in [2.45, 2.75) is 20.0 Å². The minimum absolute atomic E-state index is 0.193. The number of amides is 1. The highest BCUT2D eigenvalue weighted by molar-refractivity contribution is 14.1. The van der Waals surface area contributed by atoms with Gasteiger partial charge in [0.1, 0.15) is 0 Å². The molecule has 3 aromatic carbocycles. The van der Waals surface area contributed by atoms with E-state index in [1.54, 1.807) is 0 Å². The van der Waals surface area contributed by atoms with Crippen LogP contribution in [-0.4, -0.2) is 47.6 Å². The van der Waals surface area contributed by atoms with Crippen LogP contribution < -0.4 is 5.43 Å². The van der Waals surface area contributed by atoms with E-state index >= 15 is 0 Å². The quantitative estimate of drug-likeness (QED) is 0.261. The van der Waals surface area contributed by atoms with E-state index in [0.29, 0.717) is 5.56 Å². The summed E-state index contributed by atoms with van der Waals surface area (Å²) >= 11 is 2.27. The van der Waals surface area contributed by atoms with Crippen LogP contribution in [0.1, 0.15) is 34.0 Å². The zero-order chi connectivity index (χ0) is 23.0. The normalized spacial score (nSPS) is 15.4. The van der Waals surface area contributed by atoms with Gasteiger partial charge in [0, 0.05) is 48.4 Å². The van der Waals surface area contributed by atoms with E-state index in [9.17, 15) is 4.79 Å². The van der Waals surface area contributed by atoms with Crippen LogP contribution in [0.2, 0.25) is 0 Å². The van der Waals surface area contributed by atoms with Crippen molar-refractivity contribution >= 4 is 34.2 Å². The lowest BCUT2D eigenvalue weighted by Crippen LogP contribution is -2.45. The van der Waals surface area contributed by atoms with Crippen molar-refractivity contribution in [2.24, 2.45) is 5.10 Å². The van der Waals surface area contributed by atoms with E-state index in [-0.39, 0.29) is 5.91 Å². The lowest BCUT2D eigenvalue weighted by molar-refractivity contribution is 0.0954. The summed E-state index contributed by atoms with van der Waals surface area (Å²) in [6.45, 7) is 8.09. The number of hydrogen-bond acceptors (Lipinski definition) is 4. The van der Waals surface area contributed by atoms with Crippen molar-refractivity contribution < 1.29 is 4.79 Å². The number of nitrogens with one attached hydrogen (secondary N) is 1. The molecule has 0 saturated carbocycles. The first kappa shape index (κ1) is 23.6. The second-order valence-electron chi connectivity index (χ2n) is 8.38. The molecule has 1 aliphatic heterocycles. The highest BCUT2D eigenvalue weighted by Gasteiger charge is 2.17. The Morgan fingerprint density at radius 3 is 2.03 bits per heavy atom. The fourth-order valence-corrected chi connectivity index (χ4v) is 4.49. The standard InChI is InChI=1S/C27H29IN4O/c1-21(25-8-5-9-26(28)18-25)29-30-27(33)24-12-10-23(11-13-24)20-32-16-14-31(15-17-32)19-22-6-3-2-4-7-22/h2-13,18H,14-17,19-20H2,1H3,(H,30,33)/b29-21-. The zero-order valence-corrected chi connectivity index (χ0v) is 21.0. The molecule has 5 nitrogen and oxygen atoms in total. The molecular weight excluding hydrogens is 523 g/mol. The van der Waals surface area contributed by atoms with E-state index in [4.69, 9.17) is 0 Å². The van der Waals surface area contributed by atoms with E-state index in [1.807, 2.05) is 55.5 Å². The van der Waals surface area contributed by atoms with Crippen molar-refractivity contribution in [1.29, 1.82) is 0 Å². The lowest BCUT2D eigenvalue weighted by atomic mass is 10.1. The van der Waals surface area contributed by atoms with Crippen LogP contribution in [-0.2, 0) is 13.1 Å². The zero-order valence-electron chi connectivity index (χ0n) is 18.9. The highest BCUT2D eigenvalue weighted by atomic mass is 127. The molecule has 0 spiro atoms. The molecular formula is C27H29IN4O. The molecule has 0 aliphatic carbocycles. The van der Waals surface area contributed by atoms with Gasteiger partial charge in [0.25, 0.3) is 5.91 Å². The predicted molar refractivity (Wildman–Crippen MR) is 142 cm³/mol. The Labute approximate surface area is 209 Å². The Bertz CT molecular complexity index is 1090. The van der Waals surface area contributed by atoms with E-state index in [2.05, 4.69) is 73.2 Å². The number of nitrogens with zero attached hydrogens (tertiary/aromatic N) is 3. The minimum atomic E-state index is -0.193. The van der Waals surface area contributed by atoms with Gasteiger partial charge >= 0.3 is 0 Å². The second kappa shape index (κ2) is 11.5. The van der Waals surface area contributed by atoms with Gasteiger partial charge in [-0.15, -0.1) is 0 Å². The molecule has 3 aromatic rings.